The minimum absolute atomic E-state index is 0.0477. The van der Waals surface area contributed by atoms with Crippen molar-refractivity contribution in [2.75, 3.05) is 38.9 Å². The van der Waals surface area contributed by atoms with E-state index in [1.54, 1.807) is 62.8 Å². The number of hydrogen-bond donors (Lipinski definition) is 2. The number of esters is 2. The van der Waals surface area contributed by atoms with Crippen molar-refractivity contribution in [1.29, 1.82) is 0 Å². The summed E-state index contributed by atoms with van der Waals surface area (Å²) in [5, 5.41) is 17.7. The Kier molecular flexibility index (Phi) is 15.7. The van der Waals surface area contributed by atoms with Crippen LogP contribution in [0.5, 0.6) is 23.0 Å². The second-order valence-electron chi connectivity index (χ2n) is 9.53. The van der Waals surface area contributed by atoms with Crippen molar-refractivity contribution in [2.45, 2.75) is 22.0 Å². The van der Waals surface area contributed by atoms with E-state index in [1.807, 2.05) is 24.3 Å². The third-order valence-corrected chi connectivity index (χ3v) is 8.25. The van der Waals surface area contributed by atoms with Crippen molar-refractivity contribution in [3.05, 3.63) is 97.1 Å². The predicted octanol–water partition coefficient (Wildman–Crippen LogP) is 5.15. The Morgan fingerprint density at radius 1 is 0.604 bits per heavy atom. The van der Waals surface area contributed by atoms with Crippen LogP contribution in [-0.4, -0.2) is 85.2 Å². The van der Waals surface area contributed by atoms with Gasteiger partial charge in [-0.15, -0.1) is 23.5 Å². The number of benzene rings is 3. The Balaban J connectivity index is 1.64. The van der Waals surface area contributed by atoms with Crippen LogP contribution >= 0.6 is 23.5 Å². The van der Waals surface area contributed by atoms with Crippen LogP contribution < -0.4 is 18.9 Å². The molecule has 2 unspecified atom stereocenters. The van der Waals surface area contributed by atoms with Crippen LogP contribution in [0.4, 0.5) is 0 Å². The second-order valence-corrected chi connectivity index (χ2v) is 11.7. The number of hydrogen-bond acceptors (Lipinski definition) is 12. The van der Waals surface area contributed by atoms with Crippen molar-refractivity contribution in [2.24, 2.45) is 0 Å². The van der Waals surface area contributed by atoms with E-state index in [1.165, 1.54) is 23.5 Å². The molecule has 0 saturated carbocycles. The Morgan fingerprint density at radius 2 is 1.00 bits per heavy atom. The zero-order chi connectivity index (χ0) is 34.7. The highest BCUT2D eigenvalue weighted by molar-refractivity contribution is 7.99. The summed E-state index contributed by atoms with van der Waals surface area (Å²) in [4.78, 5) is 47.9. The average molecular weight is 699 g/mol. The monoisotopic (exact) mass is 698 g/mol. The number of thioether (sulfide) groups is 2. The van der Waals surface area contributed by atoms with Crippen molar-refractivity contribution < 1.29 is 57.8 Å². The van der Waals surface area contributed by atoms with Crippen LogP contribution in [0.15, 0.2) is 107 Å². The van der Waals surface area contributed by atoms with Gasteiger partial charge >= 0.3 is 23.9 Å². The number of rotatable bonds is 20. The summed E-state index contributed by atoms with van der Waals surface area (Å²) in [5.41, 5.74) is 0. The Morgan fingerprint density at radius 3 is 1.35 bits per heavy atom. The number of methoxy groups -OCH3 is 2. The van der Waals surface area contributed by atoms with Gasteiger partial charge in [0.1, 0.15) is 48.4 Å². The molecule has 3 aromatic carbocycles. The predicted molar refractivity (Wildman–Crippen MR) is 178 cm³/mol. The molecule has 14 heteroatoms. The van der Waals surface area contributed by atoms with Gasteiger partial charge in [-0.3, -0.25) is 0 Å². The summed E-state index contributed by atoms with van der Waals surface area (Å²) >= 11 is 2.83. The molecular weight excluding hydrogens is 664 g/mol. The summed E-state index contributed by atoms with van der Waals surface area (Å²) < 4.78 is 33.1. The number of ether oxygens (including phenoxy) is 6. The van der Waals surface area contributed by atoms with Crippen molar-refractivity contribution in [3.8, 4) is 23.0 Å². The molecule has 254 valence electrons. The fourth-order valence-corrected chi connectivity index (χ4v) is 5.41. The van der Waals surface area contributed by atoms with Gasteiger partial charge in [-0.1, -0.05) is 6.07 Å². The fraction of sp³-hybridized carbons (Fsp3) is 0.235. The molecule has 0 spiro atoms. The SMILES string of the molecule is COc1ccc(SCC(COc2cccc(OCC(CSc3ccc(OC)cc3)OC(=O)/C=C/C(=O)O)c2)OC(=O)/C=C/C(=O)O)cc1. The molecular formula is C34H34O12S2. The normalized spacial score (nSPS) is 12.2. The molecule has 0 heterocycles. The van der Waals surface area contributed by atoms with E-state index in [9.17, 15) is 19.2 Å². The summed E-state index contributed by atoms with van der Waals surface area (Å²) in [5.74, 6) is -1.41. The Labute approximate surface area is 285 Å². The third-order valence-electron chi connectivity index (χ3n) is 5.96. The number of aliphatic carboxylic acids is 2. The van der Waals surface area contributed by atoms with Gasteiger partial charge in [0.15, 0.2) is 0 Å². The van der Waals surface area contributed by atoms with E-state index in [-0.39, 0.29) is 13.2 Å². The first kappa shape index (κ1) is 37.4. The lowest BCUT2D eigenvalue weighted by molar-refractivity contribution is -0.144. The maximum atomic E-state index is 12.2. The molecule has 0 bridgehead atoms. The average Bonchev–Trinajstić information content (AvgIpc) is 3.09. The lowest BCUT2D eigenvalue weighted by Crippen LogP contribution is -2.27. The molecule has 2 N–H and O–H groups in total. The first-order chi connectivity index (χ1) is 23.1. The van der Waals surface area contributed by atoms with E-state index in [0.29, 0.717) is 46.7 Å². The maximum absolute atomic E-state index is 12.2. The largest absolute Gasteiger partial charge is 0.497 e. The molecule has 0 aliphatic carbocycles. The molecule has 0 saturated heterocycles. The first-order valence-electron chi connectivity index (χ1n) is 14.3. The van der Waals surface area contributed by atoms with Gasteiger partial charge in [0.2, 0.25) is 0 Å². The molecule has 12 nitrogen and oxygen atoms in total. The molecule has 0 fully saturated rings. The highest BCUT2D eigenvalue weighted by Crippen LogP contribution is 2.26. The number of carbonyl (C=O) groups is 4. The van der Waals surface area contributed by atoms with Crippen LogP contribution in [0.1, 0.15) is 0 Å². The summed E-state index contributed by atoms with van der Waals surface area (Å²) in [6.07, 6.45) is 1.56. The van der Waals surface area contributed by atoms with Crippen LogP contribution in [0, 0.1) is 0 Å². The molecule has 3 aromatic rings. The van der Waals surface area contributed by atoms with Gasteiger partial charge in [0.25, 0.3) is 0 Å². The third kappa shape index (κ3) is 14.6. The van der Waals surface area contributed by atoms with Gasteiger partial charge in [0, 0.05) is 51.7 Å². The number of carboxylic acid groups (broad SMARTS) is 2. The Hall–Kier alpha value is -5.08. The zero-order valence-electron chi connectivity index (χ0n) is 26.0. The second kappa shape index (κ2) is 20.2. The fourth-order valence-electron chi connectivity index (χ4n) is 3.67. The van der Waals surface area contributed by atoms with Gasteiger partial charge in [0.05, 0.1) is 14.2 Å². The molecule has 0 aliphatic heterocycles. The highest BCUT2D eigenvalue weighted by atomic mass is 32.2. The van der Waals surface area contributed by atoms with Crippen molar-refractivity contribution in [3.63, 3.8) is 0 Å². The van der Waals surface area contributed by atoms with Crippen LogP contribution in [0.25, 0.3) is 0 Å². The molecule has 3 rings (SSSR count). The quantitative estimate of drug-likeness (QED) is 0.0904. The van der Waals surface area contributed by atoms with E-state index in [2.05, 4.69) is 0 Å². The van der Waals surface area contributed by atoms with E-state index < -0.39 is 36.1 Å². The summed E-state index contributed by atoms with van der Waals surface area (Å²) in [6.45, 7) is -0.0954. The highest BCUT2D eigenvalue weighted by Gasteiger charge is 2.18. The van der Waals surface area contributed by atoms with Gasteiger partial charge in [-0.25, -0.2) is 19.2 Å². The van der Waals surface area contributed by atoms with Gasteiger partial charge in [-0.2, -0.15) is 0 Å². The molecule has 0 aliphatic rings. The molecule has 48 heavy (non-hydrogen) atoms. The van der Waals surface area contributed by atoms with Gasteiger partial charge in [-0.05, 0) is 60.7 Å². The summed E-state index contributed by atoms with van der Waals surface area (Å²) in [7, 11) is 3.14. The van der Waals surface area contributed by atoms with E-state index in [0.717, 1.165) is 21.9 Å². The number of carbonyl (C=O) groups excluding carboxylic acids is 2. The topological polar surface area (TPSA) is 164 Å². The standard InChI is InChI=1S/C34H34O12S2/c1-41-23-6-10-29(11-7-23)47-21-27(45-33(39)16-14-31(35)36)19-43-25-4-3-5-26(18-25)44-20-28(46-34(40)17-15-32(37)38)22-48-30-12-8-24(42-2)9-13-30/h3-18,27-28H,19-22H2,1-2H3,(H,35,36)(H,37,38)/b16-14+,17-15+. The molecule has 0 amide bonds. The number of carboxylic acids is 2. The maximum Gasteiger partial charge on any atom is 0.331 e. The van der Waals surface area contributed by atoms with Crippen LogP contribution in [0.3, 0.4) is 0 Å². The summed E-state index contributed by atoms with van der Waals surface area (Å²) in [6, 6.07) is 21.3. The van der Waals surface area contributed by atoms with E-state index >= 15 is 0 Å². The van der Waals surface area contributed by atoms with Crippen LogP contribution in [-0.2, 0) is 28.7 Å². The van der Waals surface area contributed by atoms with Gasteiger partial charge < -0.3 is 38.6 Å². The van der Waals surface area contributed by atoms with Crippen LogP contribution in [0.2, 0.25) is 0 Å². The minimum atomic E-state index is -1.28. The lowest BCUT2D eigenvalue weighted by Gasteiger charge is -2.19. The smallest absolute Gasteiger partial charge is 0.331 e. The minimum Gasteiger partial charge on any atom is -0.497 e. The van der Waals surface area contributed by atoms with E-state index in [4.69, 9.17) is 38.6 Å². The first-order valence-corrected chi connectivity index (χ1v) is 16.2. The molecule has 2 atom stereocenters. The Bertz CT molecular complexity index is 1440. The lowest BCUT2D eigenvalue weighted by atomic mass is 10.3. The molecule has 0 aromatic heterocycles. The zero-order valence-corrected chi connectivity index (χ0v) is 27.6. The van der Waals surface area contributed by atoms with Crippen molar-refractivity contribution in [1.82, 2.24) is 0 Å². The van der Waals surface area contributed by atoms with Crippen molar-refractivity contribution >= 4 is 47.4 Å². The molecule has 0 radical (unpaired) electrons.